The lowest BCUT2D eigenvalue weighted by Crippen LogP contribution is -2.37. The van der Waals surface area contributed by atoms with Gasteiger partial charge in [-0.15, -0.1) is 0 Å². The number of Topliss-reactive ketones (excluding diaryl/α,β-unsaturated/α-hetero) is 1. The fraction of sp³-hybridized carbons (Fsp3) is 0.107. The van der Waals surface area contributed by atoms with Gasteiger partial charge in [0.05, 0.1) is 15.8 Å². The second kappa shape index (κ2) is 9.67. The van der Waals surface area contributed by atoms with Gasteiger partial charge in [0, 0.05) is 5.56 Å². The van der Waals surface area contributed by atoms with E-state index in [0.29, 0.717) is 11.1 Å². The number of nitrogens with one attached hydrogen (secondary N) is 1. The first-order chi connectivity index (χ1) is 17.4. The van der Waals surface area contributed by atoms with Gasteiger partial charge in [-0.2, -0.15) is 0 Å². The maximum Gasteiger partial charge on any atom is 0.339 e. The number of rotatable bonds is 7. The van der Waals surface area contributed by atoms with Crippen molar-refractivity contribution in [2.24, 2.45) is 5.92 Å². The van der Waals surface area contributed by atoms with Gasteiger partial charge in [0.2, 0.25) is 5.78 Å². The lowest BCUT2D eigenvalue weighted by atomic mass is 9.87. The van der Waals surface area contributed by atoms with E-state index in [1.807, 2.05) is 43.3 Å². The third-order valence-corrected chi connectivity index (χ3v) is 6.77. The van der Waals surface area contributed by atoms with Gasteiger partial charge in [-0.1, -0.05) is 72.0 Å². The zero-order chi connectivity index (χ0) is 25.2. The van der Waals surface area contributed by atoms with Crippen LogP contribution in [0.15, 0.2) is 78.9 Å². The summed E-state index contributed by atoms with van der Waals surface area (Å²) in [6, 6.07) is 21.3. The molecule has 7 nitrogen and oxygen atoms in total. The average molecular weight is 497 g/mol. The molecular weight excluding hydrogens is 476 g/mol. The van der Waals surface area contributed by atoms with Crippen LogP contribution in [0.1, 0.15) is 33.2 Å². The summed E-state index contributed by atoms with van der Waals surface area (Å²) in [7, 11) is 0. The molecule has 4 aromatic rings. The van der Waals surface area contributed by atoms with Gasteiger partial charge in [0.1, 0.15) is 12.0 Å². The molecule has 3 aromatic carbocycles. The minimum Gasteiger partial charge on any atom is -0.453 e. The predicted molar refractivity (Wildman–Crippen MR) is 137 cm³/mol. The largest absolute Gasteiger partial charge is 0.453 e. The number of esters is 1. The van der Waals surface area contributed by atoms with E-state index < -0.39 is 35.5 Å². The topological polar surface area (TPSA) is 102 Å². The molecule has 1 aliphatic heterocycles. The van der Waals surface area contributed by atoms with Crippen molar-refractivity contribution in [3.63, 3.8) is 0 Å². The monoisotopic (exact) mass is 496 g/mol. The number of carbonyl (C=O) groups is 4. The summed E-state index contributed by atoms with van der Waals surface area (Å²) in [6.45, 7) is 1.95. The summed E-state index contributed by atoms with van der Waals surface area (Å²) in [5, 5.41) is 2.76. The van der Waals surface area contributed by atoms with Crippen molar-refractivity contribution in [3.8, 4) is 0 Å². The fourth-order valence-electron chi connectivity index (χ4n) is 4.07. The number of allylic oxidation sites excluding steroid dienone is 1. The van der Waals surface area contributed by atoms with Gasteiger partial charge in [-0.05, 0) is 42.3 Å². The lowest BCUT2D eigenvalue weighted by Gasteiger charge is -2.19. The maximum absolute atomic E-state index is 13.4. The lowest BCUT2D eigenvalue weighted by molar-refractivity contribution is -0.143. The van der Waals surface area contributed by atoms with Crippen molar-refractivity contribution < 1.29 is 23.9 Å². The average Bonchev–Trinajstić information content (AvgIpc) is 3.43. The van der Waals surface area contributed by atoms with Crippen molar-refractivity contribution in [2.75, 3.05) is 5.32 Å². The van der Waals surface area contributed by atoms with Crippen molar-refractivity contribution >= 4 is 56.2 Å². The summed E-state index contributed by atoms with van der Waals surface area (Å²) in [5.74, 6) is -4.85. The number of hydrogen-bond acceptors (Lipinski definition) is 7. The molecule has 0 saturated heterocycles. The number of amides is 1. The number of hydrogen-bond donors (Lipinski definition) is 1. The minimum atomic E-state index is -1.55. The summed E-state index contributed by atoms with van der Waals surface area (Å²) < 4.78 is 6.30. The van der Waals surface area contributed by atoms with E-state index in [2.05, 4.69) is 10.3 Å². The van der Waals surface area contributed by atoms with Crippen LogP contribution in [0.2, 0.25) is 0 Å². The smallest absolute Gasteiger partial charge is 0.339 e. The molecule has 0 fully saturated rings. The molecule has 0 saturated carbocycles. The van der Waals surface area contributed by atoms with E-state index in [1.54, 1.807) is 42.5 Å². The number of benzene rings is 3. The van der Waals surface area contributed by atoms with Crippen LogP contribution in [-0.2, 0) is 19.1 Å². The molecule has 1 aromatic heterocycles. The number of cyclic esters (lactones) is 1. The van der Waals surface area contributed by atoms with Crippen molar-refractivity contribution in [2.45, 2.75) is 13.0 Å². The first-order valence-electron chi connectivity index (χ1n) is 11.2. The number of ether oxygens (including phenoxy) is 1. The van der Waals surface area contributed by atoms with Gasteiger partial charge in [-0.3, -0.25) is 19.7 Å². The Hall–Kier alpha value is -4.43. The van der Waals surface area contributed by atoms with Gasteiger partial charge in [-0.25, -0.2) is 9.78 Å². The maximum atomic E-state index is 13.4. The Labute approximate surface area is 210 Å². The molecule has 2 atom stereocenters. The van der Waals surface area contributed by atoms with E-state index in [0.717, 1.165) is 15.8 Å². The van der Waals surface area contributed by atoms with Crippen LogP contribution in [0, 0.1) is 12.8 Å². The molecule has 0 aliphatic carbocycles. The molecule has 1 N–H and O–H groups in total. The van der Waals surface area contributed by atoms with E-state index in [-0.39, 0.29) is 10.7 Å². The van der Waals surface area contributed by atoms with Gasteiger partial charge in [0.25, 0.3) is 5.91 Å². The Morgan fingerprint density at radius 2 is 1.78 bits per heavy atom. The van der Waals surface area contributed by atoms with Crippen molar-refractivity contribution in [3.05, 3.63) is 101 Å². The third-order valence-electron chi connectivity index (χ3n) is 5.84. The number of carbonyl (C=O) groups excluding carboxylic acids is 4. The highest BCUT2D eigenvalue weighted by Crippen LogP contribution is 2.37. The van der Waals surface area contributed by atoms with Gasteiger partial charge >= 0.3 is 5.97 Å². The van der Waals surface area contributed by atoms with Crippen LogP contribution in [0.4, 0.5) is 5.13 Å². The second-order valence-electron chi connectivity index (χ2n) is 8.35. The number of fused-ring (bicyclic) bond motifs is 2. The molecule has 8 heteroatoms. The Bertz CT molecular complexity index is 1540. The predicted octanol–water partition coefficient (Wildman–Crippen LogP) is 4.92. The van der Waals surface area contributed by atoms with E-state index in [9.17, 15) is 19.2 Å². The standard InChI is InChI=1S/C28H20N2O5S/c1-16-11-13-20-22(15-16)36-28(29-20)30-26(33)24(32)23(21(31)14-12-17-7-3-2-4-8-17)25-18-9-5-6-10-19(18)27(34)35-25/h2-15,23,25H,1H3,(H,29,30,33)/b14-12+/t23-,25+/m1/s1. The number of aryl methyl sites for hydroxylation is 1. The summed E-state index contributed by atoms with van der Waals surface area (Å²) in [5.41, 5.74) is 3.13. The highest BCUT2D eigenvalue weighted by Gasteiger charge is 2.45. The molecular formula is C28H20N2O5S. The number of thiazole rings is 1. The van der Waals surface area contributed by atoms with Crippen LogP contribution in [0.3, 0.4) is 0 Å². The van der Waals surface area contributed by atoms with Crippen LogP contribution >= 0.6 is 11.3 Å². The molecule has 0 radical (unpaired) electrons. The van der Waals surface area contributed by atoms with Crippen LogP contribution in [0.25, 0.3) is 16.3 Å². The number of aromatic nitrogens is 1. The summed E-state index contributed by atoms with van der Waals surface area (Å²) in [4.78, 5) is 56.5. The molecule has 0 spiro atoms. The summed E-state index contributed by atoms with van der Waals surface area (Å²) >= 11 is 1.23. The molecule has 5 rings (SSSR count). The van der Waals surface area contributed by atoms with E-state index in [4.69, 9.17) is 4.74 Å². The van der Waals surface area contributed by atoms with Gasteiger partial charge < -0.3 is 4.74 Å². The molecule has 1 aliphatic rings. The molecule has 2 heterocycles. The second-order valence-corrected chi connectivity index (χ2v) is 9.38. The Morgan fingerprint density at radius 3 is 2.58 bits per heavy atom. The Morgan fingerprint density at radius 1 is 1.03 bits per heavy atom. The first-order valence-corrected chi connectivity index (χ1v) is 12.0. The molecule has 0 bridgehead atoms. The fourth-order valence-corrected chi connectivity index (χ4v) is 5.03. The summed E-state index contributed by atoms with van der Waals surface area (Å²) in [6.07, 6.45) is 1.58. The highest BCUT2D eigenvalue weighted by molar-refractivity contribution is 7.22. The Balaban J connectivity index is 1.45. The minimum absolute atomic E-state index is 0.240. The third kappa shape index (κ3) is 4.58. The first kappa shape index (κ1) is 23.3. The number of nitrogens with zero attached hydrogens (tertiary/aromatic N) is 1. The molecule has 0 unspecified atom stereocenters. The van der Waals surface area contributed by atoms with E-state index in [1.165, 1.54) is 17.4 Å². The molecule has 1 amide bonds. The van der Waals surface area contributed by atoms with Crippen LogP contribution in [-0.4, -0.2) is 28.4 Å². The van der Waals surface area contributed by atoms with Gasteiger partial charge in [0.15, 0.2) is 10.9 Å². The molecule has 178 valence electrons. The Kier molecular flexibility index (Phi) is 6.26. The normalized spacial score (nSPS) is 15.5. The number of anilines is 1. The quantitative estimate of drug-likeness (QED) is 0.169. The number of ketones is 2. The zero-order valence-electron chi connectivity index (χ0n) is 19.1. The SMILES string of the molecule is Cc1ccc2nc(NC(=O)C(=O)[C@@H](C(=O)/C=C/c3ccccc3)[C@H]3OC(=O)c4ccccc43)sc2c1. The highest BCUT2D eigenvalue weighted by atomic mass is 32.1. The van der Waals surface area contributed by atoms with Crippen molar-refractivity contribution in [1.82, 2.24) is 4.98 Å². The zero-order valence-corrected chi connectivity index (χ0v) is 20.0. The van der Waals surface area contributed by atoms with Crippen LogP contribution < -0.4 is 5.32 Å². The van der Waals surface area contributed by atoms with Crippen LogP contribution in [0.5, 0.6) is 0 Å². The van der Waals surface area contributed by atoms with Crippen molar-refractivity contribution in [1.29, 1.82) is 0 Å². The molecule has 36 heavy (non-hydrogen) atoms. The van der Waals surface area contributed by atoms with E-state index >= 15 is 0 Å².